The van der Waals surface area contributed by atoms with Gasteiger partial charge in [0, 0.05) is 88.0 Å². The van der Waals surface area contributed by atoms with E-state index in [-0.39, 0.29) is 0 Å². The molecule has 20 aromatic carbocycles. The fourth-order valence-electron chi connectivity index (χ4n) is 19.8. The number of hydrogen-bond acceptors (Lipinski definition) is 4. The van der Waals surface area contributed by atoms with Crippen molar-refractivity contribution < 1.29 is 8.83 Å². The zero-order chi connectivity index (χ0) is 85.6. The quantitative estimate of drug-likeness (QED) is 0.0803. The van der Waals surface area contributed by atoms with E-state index in [1.807, 2.05) is 18.2 Å². The molecule has 0 saturated carbocycles. The number of allylic oxidation sites excluding steroid dienone is 5. The lowest BCUT2D eigenvalue weighted by atomic mass is 9.96. The molecule has 0 fully saturated rings. The summed E-state index contributed by atoms with van der Waals surface area (Å²) in [5.74, 6) is 0. The van der Waals surface area contributed by atoms with Crippen LogP contribution >= 0.6 is 0 Å². The first-order valence-corrected chi connectivity index (χ1v) is 44.1. The number of furan rings is 2. The zero-order valence-corrected chi connectivity index (χ0v) is 70.8. The lowest BCUT2D eigenvalue weighted by molar-refractivity contribution is 0.668. The number of fused-ring (bicyclic) bond motifs is 14. The Morgan fingerprint density at radius 1 is 0.240 bits per heavy atom. The molecule has 0 bridgehead atoms. The molecule has 0 unspecified atom stereocenters. The van der Waals surface area contributed by atoms with Gasteiger partial charge in [0.1, 0.15) is 22.3 Å². The molecular formula is C123H82N4O2. The van der Waals surface area contributed by atoms with Gasteiger partial charge in [-0.15, -0.1) is 0 Å². The molecule has 24 aromatic rings. The zero-order valence-electron chi connectivity index (χ0n) is 70.8. The van der Waals surface area contributed by atoms with E-state index in [1.165, 1.54) is 59.9 Å². The van der Waals surface area contributed by atoms with Gasteiger partial charge in [0.25, 0.3) is 0 Å². The van der Waals surface area contributed by atoms with Crippen molar-refractivity contribution in [2.24, 2.45) is 0 Å². The monoisotopic (exact) mass is 1650 g/mol. The lowest BCUT2D eigenvalue weighted by Crippen LogP contribution is -2.11. The van der Waals surface area contributed by atoms with Gasteiger partial charge in [0.15, 0.2) is 0 Å². The van der Waals surface area contributed by atoms with Gasteiger partial charge in [-0.3, -0.25) is 0 Å². The van der Waals surface area contributed by atoms with E-state index < -0.39 is 0 Å². The van der Waals surface area contributed by atoms with E-state index in [1.54, 1.807) is 0 Å². The maximum Gasteiger partial charge on any atom is 0.135 e. The molecular weight excluding hydrogens is 1570 g/mol. The number of rotatable bonds is 18. The van der Waals surface area contributed by atoms with Crippen LogP contribution in [0, 0.1) is 0 Å². The van der Waals surface area contributed by atoms with Crippen LogP contribution in [-0.2, 0) is 0 Å². The minimum atomic E-state index is 0.826. The number of anilines is 6. The highest BCUT2D eigenvalue weighted by atomic mass is 16.3. The number of aromatic nitrogens is 2. The molecule has 0 atom stereocenters. The Balaban J connectivity index is 0.562. The van der Waals surface area contributed by atoms with Crippen LogP contribution in [0.25, 0.3) is 198 Å². The van der Waals surface area contributed by atoms with E-state index in [4.69, 9.17) is 8.83 Å². The number of hydrogen-bond donors (Lipinski definition) is 0. The van der Waals surface area contributed by atoms with E-state index in [0.29, 0.717) is 0 Å². The molecule has 606 valence electrons. The van der Waals surface area contributed by atoms with E-state index in [0.717, 1.165) is 184 Å². The SMILES string of the molecule is C=C/C(=C\C=C(/C)c1ccc(N(c2ccc(-c3cccc4ccccc34)cc2)c2ccccc2-c2ccc3oc4ccc(-c5ccc6c(N(c7ccc(-c8ccc(-c9cccc(-n%10c%11ccccc%11c%11ccccc%11%10)c9)cc8)cc7)c7ccccc7-c7ccc8oc9ccccc9c8c7)cccc6c5)cc4c3c2)cc1)c1cccc(-n2c3ccccc3c3ccccc32)c1. The molecule has 6 nitrogen and oxygen atoms in total. The van der Waals surface area contributed by atoms with Crippen LogP contribution in [0.1, 0.15) is 18.1 Å². The van der Waals surface area contributed by atoms with Crippen LogP contribution in [0.3, 0.4) is 0 Å². The van der Waals surface area contributed by atoms with Crippen LogP contribution in [0.2, 0.25) is 0 Å². The second-order valence-corrected chi connectivity index (χ2v) is 33.5. The molecule has 0 aliphatic rings. The van der Waals surface area contributed by atoms with E-state index in [2.05, 4.69) is 481 Å². The molecule has 0 N–H and O–H groups in total. The highest BCUT2D eigenvalue weighted by molar-refractivity contribution is 6.14. The van der Waals surface area contributed by atoms with Crippen molar-refractivity contribution >= 4 is 154 Å². The van der Waals surface area contributed by atoms with Gasteiger partial charge in [-0.2, -0.15) is 0 Å². The molecule has 129 heavy (non-hydrogen) atoms. The third-order valence-electron chi connectivity index (χ3n) is 26.1. The summed E-state index contributed by atoms with van der Waals surface area (Å²) in [4.78, 5) is 4.84. The third kappa shape index (κ3) is 13.4. The fourth-order valence-corrected chi connectivity index (χ4v) is 19.8. The predicted molar refractivity (Wildman–Crippen MR) is 545 cm³/mol. The summed E-state index contributed by atoms with van der Waals surface area (Å²) in [6, 6.07) is 163. The Hall–Kier alpha value is -17.1. The largest absolute Gasteiger partial charge is 0.456 e. The van der Waals surface area contributed by atoms with Crippen molar-refractivity contribution in [3.63, 3.8) is 0 Å². The summed E-state index contributed by atoms with van der Waals surface area (Å²) in [6.45, 7) is 6.51. The summed E-state index contributed by atoms with van der Waals surface area (Å²) >= 11 is 0. The normalized spacial score (nSPS) is 12.0. The molecule has 0 radical (unpaired) electrons. The van der Waals surface area contributed by atoms with Gasteiger partial charge in [-0.25, -0.2) is 0 Å². The second-order valence-electron chi connectivity index (χ2n) is 33.5. The maximum absolute atomic E-state index is 6.79. The van der Waals surface area contributed by atoms with E-state index >= 15 is 0 Å². The van der Waals surface area contributed by atoms with Crippen LogP contribution in [-0.4, -0.2) is 9.13 Å². The molecule has 24 rings (SSSR count). The molecule has 0 amide bonds. The number of nitrogens with zero attached hydrogens (tertiary/aromatic N) is 4. The van der Waals surface area contributed by atoms with Gasteiger partial charge in [-0.1, -0.05) is 322 Å². The van der Waals surface area contributed by atoms with Crippen LogP contribution in [0.4, 0.5) is 34.1 Å². The van der Waals surface area contributed by atoms with Crippen molar-refractivity contribution in [1.82, 2.24) is 9.13 Å². The summed E-state index contributed by atoms with van der Waals surface area (Å²) in [7, 11) is 0. The molecule has 4 heterocycles. The van der Waals surface area contributed by atoms with E-state index in [9.17, 15) is 0 Å². The molecule has 0 aliphatic heterocycles. The van der Waals surface area contributed by atoms with Crippen LogP contribution in [0.5, 0.6) is 0 Å². The van der Waals surface area contributed by atoms with Gasteiger partial charge < -0.3 is 27.8 Å². The molecule has 0 saturated heterocycles. The summed E-state index contributed by atoms with van der Waals surface area (Å²) in [6.07, 6.45) is 6.36. The standard InChI is InChI=1S/C123H82N4O2/c1-3-81(88-26-20-29-98(75-88)126-116-42-15-8-34-105(116)106-35-9-16-43-117(106)126)49-48-80(2)82-54-64-95(65-55-82)124(96-68-58-87(59-69-96)101-39-22-25-86-24-4-5-31-100(86)101)113-40-13-6-32-102(113)94-63-73-123-112(79-94)111-77-91(61-71-122(111)129-123)90-60-70-104-92(74-90)28-23-46-115(104)125(114-41-14-7-33-103(114)93-62-72-121-110(78-93)109-38-12-19-47-120(109)128-121)97-66-56-84(57-67-97)83-50-52-85(53-51-83)89-27-21-30-99(76-89)127-118-44-17-10-36-107(118)108-37-11-18-45-119(108)127/h3-79H,1H2,2H3/b80-48+,81-49+. The van der Waals surface area contributed by atoms with Crippen molar-refractivity contribution in [2.75, 3.05) is 9.80 Å². The van der Waals surface area contributed by atoms with Gasteiger partial charge >= 0.3 is 0 Å². The van der Waals surface area contributed by atoms with Gasteiger partial charge in [0.05, 0.1) is 39.1 Å². The minimum absolute atomic E-state index is 0.826. The molecule has 4 aromatic heterocycles. The third-order valence-corrected chi connectivity index (χ3v) is 26.1. The molecule has 0 spiro atoms. The Morgan fingerprint density at radius 3 is 1.23 bits per heavy atom. The van der Waals surface area contributed by atoms with Gasteiger partial charge in [0.2, 0.25) is 0 Å². The van der Waals surface area contributed by atoms with Crippen LogP contribution in [0.15, 0.2) is 483 Å². The number of benzene rings is 20. The summed E-state index contributed by atoms with van der Waals surface area (Å²) in [5, 5.41) is 13.9. The Kier molecular flexibility index (Phi) is 18.5. The van der Waals surface area contributed by atoms with Gasteiger partial charge in [-0.05, 0) is 253 Å². The van der Waals surface area contributed by atoms with Crippen molar-refractivity contribution in [3.05, 3.63) is 485 Å². The second kappa shape index (κ2) is 31.6. The smallest absolute Gasteiger partial charge is 0.135 e. The Bertz CT molecular complexity index is 8540. The Morgan fingerprint density at radius 2 is 0.628 bits per heavy atom. The topological polar surface area (TPSA) is 42.6 Å². The average molecular weight is 1650 g/mol. The van der Waals surface area contributed by atoms with Crippen LogP contribution < -0.4 is 9.80 Å². The lowest BCUT2D eigenvalue weighted by Gasteiger charge is -2.29. The summed E-state index contributed by atoms with van der Waals surface area (Å²) in [5.41, 5.74) is 34.5. The molecule has 0 aliphatic carbocycles. The maximum atomic E-state index is 6.79. The molecule has 6 heteroatoms. The minimum Gasteiger partial charge on any atom is -0.456 e. The first kappa shape index (κ1) is 75.7. The van der Waals surface area contributed by atoms with Crippen molar-refractivity contribution in [1.29, 1.82) is 0 Å². The summed E-state index contributed by atoms with van der Waals surface area (Å²) < 4.78 is 17.9. The first-order chi connectivity index (χ1) is 63.8. The number of para-hydroxylation sites is 7. The van der Waals surface area contributed by atoms with Crippen molar-refractivity contribution in [3.8, 4) is 78.1 Å². The first-order valence-electron chi connectivity index (χ1n) is 44.1. The fraction of sp³-hybridized carbons (Fsp3) is 0.00813. The average Bonchev–Trinajstić information content (AvgIpc) is 1.37. The highest BCUT2D eigenvalue weighted by Crippen LogP contribution is 2.49. The highest BCUT2D eigenvalue weighted by Gasteiger charge is 2.25. The van der Waals surface area contributed by atoms with Crippen molar-refractivity contribution in [2.45, 2.75) is 6.92 Å². The Labute approximate surface area is 746 Å². The predicted octanol–water partition coefficient (Wildman–Crippen LogP) is 34.6.